The molecule has 1 aliphatic heterocycles. The van der Waals surface area contributed by atoms with E-state index in [-0.39, 0.29) is 10.6 Å². The van der Waals surface area contributed by atoms with Crippen LogP contribution < -0.4 is 9.47 Å². The Hall–Kier alpha value is -2.25. The summed E-state index contributed by atoms with van der Waals surface area (Å²) >= 11 is 1.72. The molecule has 2 aromatic carbocycles. The Balaban J connectivity index is 1.55. The predicted octanol–water partition coefficient (Wildman–Crippen LogP) is 3.76. The zero-order chi connectivity index (χ0) is 18.5. The predicted molar refractivity (Wildman–Crippen MR) is 102 cm³/mol. The van der Waals surface area contributed by atoms with E-state index < -0.39 is 0 Å². The lowest BCUT2D eigenvalue weighted by Crippen LogP contribution is -2.32. The van der Waals surface area contributed by atoms with Gasteiger partial charge in [-0.25, -0.2) is 0 Å². The molecule has 1 heterocycles. The van der Waals surface area contributed by atoms with Crippen molar-refractivity contribution in [3.8, 4) is 11.5 Å². The van der Waals surface area contributed by atoms with Crippen LogP contribution in [0.2, 0.25) is 0 Å². The topological polar surface area (TPSA) is 64.8 Å². The van der Waals surface area contributed by atoms with Crippen LogP contribution in [-0.4, -0.2) is 42.9 Å². The average Bonchev–Trinajstić information content (AvgIpc) is 2.67. The van der Waals surface area contributed by atoms with Gasteiger partial charge in [0.2, 0.25) is 0 Å². The summed E-state index contributed by atoms with van der Waals surface area (Å²) in [6.07, 6.45) is 0.998. The minimum atomic E-state index is -0.372. The number of fused-ring (bicyclic) bond motifs is 1. The van der Waals surface area contributed by atoms with Crippen molar-refractivity contribution in [2.75, 3.05) is 33.1 Å². The summed E-state index contributed by atoms with van der Waals surface area (Å²) in [6, 6.07) is 10.9. The Morgan fingerprint density at radius 1 is 1.12 bits per heavy atom. The number of hydrogen-bond acceptors (Lipinski definition) is 6. The van der Waals surface area contributed by atoms with Gasteiger partial charge in [-0.15, -0.1) is 11.8 Å². The van der Waals surface area contributed by atoms with E-state index in [2.05, 4.69) is 17.0 Å². The molecule has 0 bridgehead atoms. The van der Waals surface area contributed by atoms with Crippen LogP contribution in [0, 0.1) is 10.1 Å². The Bertz CT molecular complexity index is 780. The van der Waals surface area contributed by atoms with Crippen molar-refractivity contribution in [3.05, 3.63) is 57.6 Å². The smallest absolute Gasteiger partial charge is 0.269 e. The minimum absolute atomic E-state index is 0.131. The molecule has 2 aromatic rings. The second-order valence-corrected chi connectivity index (χ2v) is 7.27. The van der Waals surface area contributed by atoms with Crippen molar-refractivity contribution >= 4 is 17.4 Å². The number of rotatable bonds is 7. The minimum Gasteiger partial charge on any atom is -0.493 e. The van der Waals surface area contributed by atoms with Crippen LogP contribution in [-0.2, 0) is 13.0 Å². The first-order valence-electron chi connectivity index (χ1n) is 8.44. The van der Waals surface area contributed by atoms with Crippen molar-refractivity contribution in [1.29, 1.82) is 0 Å². The van der Waals surface area contributed by atoms with Gasteiger partial charge in [0.05, 0.1) is 19.1 Å². The largest absolute Gasteiger partial charge is 0.493 e. The third kappa shape index (κ3) is 4.28. The highest BCUT2D eigenvalue weighted by Gasteiger charge is 2.19. The van der Waals surface area contributed by atoms with E-state index in [4.69, 9.17) is 9.47 Å². The van der Waals surface area contributed by atoms with Crippen LogP contribution in [0.25, 0.3) is 0 Å². The van der Waals surface area contributed by atoms with Gasteiger partial charge in [0.15, 0.2) is 11.5 Å². The molecule has 6 nitrogen and oxygen atoms in total. The first kappa shape index (κ1) is 18.5. The second kappa shape index (κ2) is 8.42. The lowest BCUT2D eigenvalue weighted by Gasteiger charge is -2.29. The van der Waals surface area contributed by atoms with E-state index in [1.165, 1.54) is 11.1 Å². The van der Waals surface area contributed by atoms with E-state index in [0.717, 1.165) is 48.2 Å². The number of ether oxygens (including phenoxy) is 2. The number of nitro benzene ring substituents is 1. The van der Waals surface area contributed by atoms with E-state index in [9.17, 15) is 10.1 Å². The summed E-state index contributed by atoms with van der Waals surface area (Å²) in [5.41, 5.74) is 2.74. The summed E-state index contributed by atoms with van der Waals surface area (Å²) in [6.45, 7) is 2.88. The van der Waals surface area contributed by atoms with Crippen LogP contribution in [0.3, 0.4) is 0 Å². The maximum absolute atomic E-state index is 10.7. The van der Waals surface area contributed by atoms with Crippen molar-refractivity contribution < 1.29 is 14.4 Å². The van der Waals surface area contributed by atoms with Gasteiger partial charge in [-0.3, -0.25) is 15.0 Å². The Morgan fingerprint density at radius 3 is 2.38 bits per heavy atom. The number of methoxy groups -OCH3 is 2. The Labute approximate surface area is 157 Å². The van der Waals surface area contributed by atoms with E-state index in [0.29, 0.717) is 0 Å². The van der Waals surface area contributed by atoms with Crippen LogP contribution in [0.5, 0.6) is 11.5 Å². The maximum Gasteiger partial charge on any atom is 0.269 e. The van der Waals surface area contributed by atoms with Crippen molar-refractivity contribution in [2.24, 2.45) is 0 Å². The quantitative estimate of drug-likeness (QED) is 0.418. The van der Waals surface area contributed by atoms with Crippen LogP contribution in [0.1, 0.15) is 11.1 Å². The number of nitro groups is 1. The molecule has 0 saturated carbocycles. The molecule has 138 valence electrons. The molecule has 0 atom stereocenters. The van der Waals surface area contributed by atoms with Gasteiger partial charge in [-0.05, 0) is 41.8 Å². The molecule has 0 saturated heterocycles. The van der Waals surface area contributed by atoms with Gasteiger partial charge in [0.1, 0.15) is 0 Å². The number of hydrogen-bond donors (Lipinski definition) is 0. The van der Waals surface area contributed by atoms with Crippen molar-refractivity contribution in [3.63, 3.8) is 0 Å². The zero-order valence-electron chi connectivity index (χ0n) is 14.9. The lowest BCUT2D eigenvalue weighted by atomic mass is 9.99. The summed E-state index contributed by atoms with van der Waals surface area (Å²) in [5, 5.41) is 10.7. The van der Waals surface area contributed by atoms with Crippen molar-refractivity contribution in [2.45, 2.75) is 17.9 Å². The highest BCUT2D eigenvalue weighted by molar-refractivity contribution is 7.99. The standard InChI is InChI=1S/C19H22N2O4S/c1-24-18-11-14-7-8-20(13-15(14)12-19(18)25-2)9-10-26-17-5-3-16(4-6-17)21(22)23/h3-6,11-12H,7-10,13H2,1-2H3. The molecule has 0 fully saturated rings. The summed E-state index contributed by atoms with van der Waals surface area (Å²) in [4.78, 5) is 13.8. The molecule has 1 aliphatic rings. The van der Waals surface area contributed by atoms with Gasteiger partial charge in [0.25, 0.3) is 5.69 Å². The first-order chi connectivity index (χ1) is 12.6. The molecule has 0 radical (unpaired) electrons. The fraction of sp³-hybridized carbons (Fsp3) is 0.368. The van der Waals surface area contributed by atoms with Gasteiger partial charge in [-0.1, -0.05) is 0 Å². The van der Waals surface area contributed by atoms with E-state index in [1.807, 2.05) is 12.1 Å². The van der Waals surface area contributed by atoms with Crippen LogP contribution in [0.4, 0.5) is 5.69 Å². The number of nitrogens with zero attached hydrogens (tertiary/aromatic N) is 2. The molecule has 0 aliphatic carbocycles. The maximum atomic E-state index is 10.7. The summed E-state index contributed by atoms with van der Waals surface area (Å²) < 4.78 is 10.8. The highest BCUT2D eigenvalue weighted by Crippen LogP contribution is 2.33. The third-order valence-electron chi connectivity index (χ3n) is 4.52. The normalized spacial score (nSPS) is 13.9. The van der Waals surface area contributed by atoms with E-state index in [1.54, 1.807) is 38.1 Å². The highest BCUT2D eigenvalue weighted by atomic mass is 32.2. The molecular weight excluding hydrogens is 352 g/mol. The molecule has 0 spiro atoms. The van der Waals surface area contributed by atoms with Gasteiger partial charge in [0, 0.05) is 42.4 Å². The summed E-state index contributed by atoms with van der Waals surface area (Å²) in [5.74, 6) is 2.50. The molecule has 0 amide bonds. The zero-order valence-corrected chi connectivity index (χ0v) is 15.8. The summed E-state index contributed by atoms with van der Waals surface area (Å²) in [7, 11) is 3.32. The van der Waals surface area contributed by atoms with Gasteiger partial charge < -0.3 is 9.47 Å². The first-order valence-corrected chi connectivity index (χ1v) is 9.42. The average molecular weight is 374 g/mol. The molecule has 0 N–H and O–H groups in total. The van der Waals surface area contributed by atoms with Gasteiger partial charge >= 0.3 is 0 Å². The Kier molecular flexibility index (Phi) is 6.00. The fourth-order valence-electron chi connectivity index (χ4n) is 3.09. The van der Waals surface area contributed by atoms with E-state index >= 15 is 0 Å². The Morgan fingerprint density at radius 2 is 1.77 bits per heavy atom. The second-order valence-electron chi connectivity index (χ2n) is 6.10. The molecule has 7 heteroatoms. The fourth-order valence-corrected chi connectivity index (χ4v) is 4.00. The van der Waals surface area contributed by atoms with Crippen molar-refractivity contribution in [1.82, 2.24) is 4.90 Å². The van der Waals surface area contributed by atoms with Gasteiger partial charge in [-0.2, -0.15) is 0 Å². The SMILES string of the molecule is COc1cc2c(cc1OC)CN(CCSc1ccc([N+](=O)[O-])cc1)CC2. The number of benzene rings is 2. The van der Waals surface area contributed by atoms with Crippen LogP contribution in [0.15, 0.2) is 41.3 Å². The lowest BCUT2D eigenvalue weighted by molar-refractivity contribution is -0.384. The number of non-ortho nitro benzene ring substituents is 1. The third-order valence-corrected chi connectivity index (χ3v) is 5.51. The molecule has 26 heavy (non-hydrogen) atoms. The van der Waals surface area contributed by atoms with Crippen LogP contribution >= 0.6 is 11.8 Å². The molecule has 3 rings (SSSR count). The molecule has 0 aromatic heterocycles. The molecule has 0 unspecified atom stereocenters. The molecular formula is C19H22N2O4S. The monoisotopic (exact) mass is 374 g/mol. The number of thioether (sulfide) groups is 1.